The van der Waals surface area contributed by atoms with Gasteiger partial charge in [-0.05, 0) is 17.9 Å². The molecule has 0 aliphatic carbocycles. The number of hydrogen-bond acceptors (Lipinski definition) is 3. The van der Waals surface area contributed by atoms with Crippen molar-refractivity contribution < 1.29 is 9.53 Å². The van der Waals surface area contributed by atoms with Crippen LogP contribution in [0, 0.1) is 0 Å². The molecular weight excluding hydrogens is 190 g/mol. The quantitative estimate of drug-likeness (QED) is 0.764. The van der Waals surface area contributed by atoms with Crippen LogP contribution in [0.4, 0.5) is 0 Å². The second-order valence-corrected chi connectivity index (χ2v) is 3.68. The molecule has 0 fully saturated rings. The average molecular weight is 207 g/mol. The fourth-order valence-corrected chi connectivity index (χ4v) is 1.55. The molecule has 1 aromatic carbocycles. The molecule has 0 heterocycles. The SMILES string of the molecule is COC(=O)C(N)CC(C)c1ccccc1. The van der Waals surface area contributed by atoms with Crippen molar-refractivity contribution in [3.63, 3.8) is 0 Å². The first kappa shape index (κ1) is 11.7. The van der Waals surface area contributed by atoms with Crippen molar-refractivity contribution in [2.24, 2.45) is 5.73 Å². The number of ether oxygens (including phenoxy) is 1. The van der Waals surface area contributed by atoms with E-state index in [1.807, 2.05) is 30.3 Å². The van der Waals surface area contributed by atoms with Gasteiger partial charge in [-0.25, -0.2) is 0 Å². The first-order chi connectivity index (χ1) is 7.15. The molecule has 15 heavy (non-hydrogen) atoms. The van der Waals surface area contributed by atoms with Gasteiger partial charge in [-0.3, -0.25) is 4.79 Å². The minimum atomic E-state index is -0.537. The van der Waals surface area contributed by atoms with E-state index in [0.29, 0.717) is 6.42 Å². The van der Waals surface area contributed by atoms with E-state index < -0.39 is 6.04 Å². The molecule has 3 nitrogen and oxygen atoms in total. The summed E-state index contributed by atoms with van der Waals surface area (Å²) in [6.45, 7) is 2.05. The van der Waals surface area contributed by atoms with E-state index in [-0.39, 0.29) is 11.9 Å². The fraction of sp³-hybridized carbons (Fsp3) is 0.417. The van der Waals surface area contributed by atoms with Crippen molar-refractivity contribution in [3.05, 3.63) is 35.9 Å². The average Bonchev–Trinajstić information content (AvgIpc) is 2.29. The van der Waals surface area contributed by atoms with Crippen LogP contribution in [-0.2, 0) is 9.53 Å². The lowest BCUT2D eigenvalue weighted by atomic mass is 9.94. The van der Waals surface area contributed by atoms with Gasteiger partial charge in [-0.15, -0.1) is 0 Å². The Labute approximate surface area is 90.2 Å². The molecule has 0 amide bonds. The van der Waals surface area contributed by atoms with E-state index in [0.717, 1.165) is 0 Å². The van der Waals surface area contributed by atoms with E-state index in [9.17, 15) is 4.79 Å². The monoisotopic (exact) mass is 207 g/mol. The third-order valence-electron chi connectivity index (χ3n) is 2.48. The van der Waals surface area contributed by atoms with Gasteiger partial charge in [0, 0.05) is 0 Å². The first-order valence-corrected chi connectivity index (χ1v) is 5.03. The first-order valence-electron chi connectivity index (χ1n) is 5.03. The molecule has 2 N–H and O–H groups in total. The summed E-state index contributed by atoms with van der Waals surface area (Å²) in [7, 11) is 1.36. The van der Waals surface area contributed by atoms with Crippen LogP contribution >= 0.6 is 0 Å². The zero-order chi connectivity index (χ0) is 11.3. The lowest BCUT2D eigenvalue weighted by molar-refractivity contribution is -0.142. The maximum Gasteiger partial charge on any atom is 0.322 e. The largest absolute Gasteiger partial charge is 0.468 e. The zero-order valence-electron chi connectivity index (χ0n) is 9.14. The van der Waals surface area contributed by atoms with Gasteiger partial charge in [-0.1, -0.05) is 37.3 Å². The fourth-order valence-electron chi connectivity index (χ4n) is 1.55. The Balaban J connectivity index is 2.56. The number of hydrogen-bond donors (Lipinski definition) is 1. The number of esters is 1. The summed E-state index contributed by atoms with van der Waals surface area (Å²) in [5.74, 6) is -0.0851. The number of benzene rings is 1. The summed E-state index contributed by atoms with van der Waals surface area (Å²) in [4.78, 5) is 11.1. The summed E-state index contributed by atoms with van der Waals surface area (Å²) in [5.41, 5.74) is 6.88. The summed E-state index contributed by atoms with van der Waals surface area (Å²) >= 11 is 0. The van der Waals surface area contributed by atoms with Crippen LogP contribution in [0.1, 0.15) is 24.8 Å². The lowest BCUT2D eigenvalue weighted by Gasteiger charge is -2.15. The minimum Gasteiger partial charge on any atom is -0.468 e. The molecule has 0 aliphatic rings. The lowest BCUT2D eigenvalue weighted by Crippen LogP contribution is -2.32. The van der Waals surface area contributed by atoms with Crippen molar-refractivity contribution in [1.29, 1.82) is 0 Å². The molecule has 0 bridgehead atoms. The van der Waals surface area contributed by atoms with Gasteiger partial charge in [0.2, 0.25) is 0 Å². The van der Waals surface area contributed by atoms with E-state index in [4.69, 9.17) is 5.73 Å². The molecule has 1 aromatic rings. The second-order valence-electron chi connectivity index (χ2n) is 3.68. The molecule has 0 spiro atoms. The van der Waals surface area contributed by atoms with Crippen LogP contribution in [-0.4, -0.2) is 19.1 Å². The highest BCUT2D eigenvalue weighted by Gasteiger charge is 2.17. The molecule has 3 heteroatoms. The number of methoxy groups -OCH3 is 1. The third-order valence-corrected chi connectivity index (χ3v) is 2.48. The molecule has 82 valence electrons. The second kappa shape index (κ2) is 5.51. The normalized spacial score (nSPS) is 14.3. The molecule has 0 saturated heterocycles. The van der Waals surface area contributed by atoms with Crippen molar-refractivity contribution >= 4 is 5.97 Å². The van der Waals surface area contributed by atoms with Crippen LogP contribution in [0.3, 0.4) is 0 Å². The van der Waals surface area contributed by atoms with Crippen LogP contribution in [0.2, 0.25) is 0 Å². The zero-order valence-corrected chi connectivity index (χ0v) is 9.14. The van der Waals surface area contributed by atoms with Crippen molar-refractivity contribution in [2.45, 2.75) is 25.3 Å². The summed E-state index contributed by atoms with van der Waals surface area (Å²) in [6, 6.07) is 9.47. The Morgan fingerprint density at radius 3 is 2.53 bits per heavy atom. The Kier molecular flexibility index (Phi) is 4.31. The highest BCUT2D eigenvalue weighted by atomic mass is 16.5. The maximum atomic E-state index is 11.1. The van der Waals surface area contributed by atoms with Crippen LogP contribution in [0.25, 0.3) is 0 Å². The maximum absolute atomic E-state index is 11.1. The van der Waals surface area contributed by atoms with Crippen molar-refractivity contribution in [1.82, 2.24) is 0 Å². The molecule has 2 unspecified atom stereocenters. The standard InChI is InChI=1S/C12H17NO2/c1-9(8-11(13)12(14)15-2)10-6-4-3-5-7-10/h3-7,9,11H,8,13H2,1-2H3. The van der Waals surface area contributed by atoms with E-state index in [2.05, 4.69) is 11.7 Å². The van der Waals surface area contributed by atoms with Gasteiger partial charge in [0.05, 0.1) is 7.11 Å². The van der Waals surface area contributed by atoms with Crippen LogP contribution in [0.15, 0.2) is 30.3 Å². The Hall–Kier alpha value is -1.35. The molecule has 1 rings (SSSR count). The van der Waals surface area contributed by atoms with Gasteiger partial charge < -0.3 is 10.5 Å². The van der Waals surface area contributed by atoms with Gasteiger partial charge in [0.1, 0.15) is 6.04 Å². The van der Waals surface area contributed by atoms with Crippen molar-refractivity contribution in [3.8, 4) is 0 Å². The van der Waals surface area contributed by atoms with E-state index >= 15 is 0 Å². The van der Waals surface area contributed by atoms with Gasteiger partial charge in [0.25, 0.3) is 0 Å². The predicted octanol–water partition coefficient (Wildman–Crippen LogP) is 1.68. The third kappa shape index (κ3) is 3.36. The Morgan fingerprint density at radius 1 is 1.40 bits per heavy atom. The van der Waals surface area contributed by atoms with Crippen LogP contribution < -0.4 is 5.73 Å². The molecule has 0 saturated carbocycles. The van der Waals surface area contributed by atoms with E-state index in [1.54, 1.807) is 0 Å². The van der Waals surface area contributed by atoms with Gasteiger partial charge in [-0.2, -0.15) is 0 Å². The highest BCUT2D eigenvalue weighted by molar-refractivity contribution is 5.75. The Morgan fingerprint density at radius 2 is 2.00 bits per heavy atom. The molecule has 2 atom stereocenters. The molecule has 0 radical (unpaired) electrons. The predicted molar refractivity (Wildman–Crippen MR) is 59.5 cm³/mol. The number of carbonyl (C=O) groups is 1. The van der Waals surface area contributed by atoms with Gasteiger partial charge >= 0.3 is 5.97 Å². The molecule has 0 aliphatic heterocycles. The molecule has 0 aromatic heterocycles. The van der Waals surface area contributed by atoms with E-state index in [1.165, 1.54) is 12.7 Å². The minimum absolute atomic E-state index is 0.264. The highest BCUT2D eigenvalue weighted by Crippen LogP contribution is 2.19. The number of nitrogens with two attached hydrogens (primary N) is 1. The number of carbonyl (C=O) groups excluding carboxylic acids is 1. The van der Waals surface area contributed by atoms with Crippen LogP contribution in [0.5, 0.6) is 0 Å². The van der Waals surface area contributed by atoms with Crippen molar-refractivity contribution in [2.75, 3.05) is 7.11 Å². The topological polar surface area (TPSA) is 52.3 Å². The summed E-state index contributed by atoms with van der Waals surface area (Å²) in [6.07, 6.45) is 0.608. The van der Waals surface area contributed by atoms with Gasteiger partial charge in [0.15, 0.2) is 0 Å². The molecular formula is C12H17NO2. The summed E-state index contributed by atoms with van der Waals surface area (Å²) < 4.78 is 4.58. The number of rotatable bonds is 4. The Bertz CT molecular complexity index is 311. The summed E-state index contributed by atoms with van der Waals surface area (Å²) in [5, 5.41) is 0. The smallest absolute Gasteiger partial charge is 0.322 e.